The standard InChI is InChI=1S/C16H21N5O2/c1-10-4-5-17-9-14(10)21-7-6-20(16(21)23)11-2-3-12-13(8-11)18-19-15(12)22/h4-5,9,11-13,18H,2-3,6-8H2,1H3,(H,19,22). The fourth-order valence-electron chi connectivity index (χ4n) is 4.02. The molecule has 0 aromatic carbocycles. The molecule has 4 rings (SSSR count). The first-order valence-corrected chi connectivity index (χ1v) is 8.19. The number of hydrogen-bond donors (Lipinski definition) is 2. The van der Waals surface area contributed by atoms with E-state index in [-0.39, 0.29) is 29.9 Å². The number of nitrogens with one attached hydrogen (secondary N) is 2. The van der Waals surface area contributed by atoms with E-state index in [4.69, 9.17) is 0 Å². The largest absolute Gasteiger partial charge is 0.324 e. The molecule has 2 saturated heterocycles. The second-order valence-corrected chi connectivity index (χ2v) is 6.60. The lowest BCUT2D eigenvalue weighted by Gasteiger charge is -2.35. The molecule has 3 atom stereocenters. The van der Waals surface area contributed by atoms with Crippen LogP contribution in [-0.4, -0.2) is 47.0 Å². The van der Waals surface area contributed by atoms with Crippen molar-refractivity contribution >= 4 is 17.6 Å². The molecule has 7 heteroatoms. The number of urea groups is 1. The van der Waals surface area contributed by atoms with E-state index < -0.39 is 0 Å². The summed E-state index contributed by atoms with van der Waals surface area (Å²) in [6.45, 7) is 3.43. The summed E-state index contributed by atoms with van der Waals surface area (Å²) in [5, 5.41) is 0. The lowest BCUT2D eigenvalue weighted by atomic mass is 9.82. The van der Waals surface area contributed by atoms with Gasteiger partial charge in [-0.25, -0.2) is 10.2 Å². The first kappa shape index (κ1) is 14.4. The average molecular weight is 315 g/mol. The number of rotatable bonds is 2. The fourth-order valence-corrected chi connectivity index (χ4v) is 4.02. The number of carbonyl (C=O) groups is 2. The summed E-state index contributed by atoms with van der Waals surface area (Å²) < 4.78 is 0. The Morgan fingerprint density at radius 2 is 2.13 bits per heavy atom. The zero-order valence-electron chi connectivity index (χ0n) is 13.2. The predicted octanol–water partition coefficient (Wildman–Crippen LogP) is 0.804. The number of carbonyl (C=O) groups excluding carboxylic acids is 2. The summed E-state index contributed by atoms with van der Waals surface area (Å²) in [5.74, 6) is 0.148. The average Bonchev–Trinajstić information content (AvgIpc) is 3.11. The highest BCUT2D eigenvalue weighted by Crippen LogP contribution is 2.33. The van der Waals surface area contributed by atoms with Gasteiger partial charge in [0, 0.05) is 31.4 Å². The molecule has 2 N–H and O–H groups in total. The minimum Gasteiger partial charge on any atom is -0.320 e. The third-order valence-corrected chi connectivity index (χ3v) is 5.32. The van der Waals surface area contributed by atoms with Crippen molar-refractivity contribution in [2.45, 2.75) is 38.3 Å². The Kier molecular flexibility index (Phi) is 3.45. The number of anilines is 1. The van der Waals surface area contributed by atoms with E-state index in [0.717, 1.165) is 37.1 Å². The van der Waals surface area contributed by atoms with Gasteiger partial charge in [-0.3, -0.25) is 20.1 Å². The van der Waals surface area contributed by atoms with E-state index >= 15 is 0 Å². The molecule has 3 heterocycles. The van der Waals surface area contributed by atoms with Gasteiger partial charge in [-0.05, 0) is 37.8 Å². The number of aromatic nitrogens is 1. The molecule has 1 aliphatic carbocycles. The fraction of sp³-hybridized carbons (Fsp3) is 0.562. The van der Waals surface area contributed by atoms with Gasteiger partial charge in [-0.15, -0.1) is 0 Å². The Morgan fingerprint density at radius 1 is 1.26 bits per heavy atom. The van der Waals surface area contributed by atoms with Gasteiger partial charge in [-0.1, -0.05) is 0 Å². The van der Waals surface area contributed by atoms with Crippen molar-refractivity contribution in [3.63, 3.8) is 0 Å². The van der Waals surface area contributed by atoms with Gasteiger partial charge < -0.3 is 4.90 Å². The van der Waals surface area contributed by atoms with Crippen LogP contribution in [-0.2, 0) is 4.79 Å². The van der Waals surface area contributed by atoms with Crippen molar-refractivity contribution in [2.75, 3.05) is 18.0 Å². The van der Waals surface area contributed by atoms with Crippen LogP contribution in [0, 0.1) is 12.8 Å². The maximum atomic E-state index is 12.8. The van der Waals surface area contributed by atoms with Crippen molar-refractivity contribution in [2.24, 2.45) is 5.92 Å². The van der Waals surface area contributed by atoms with Crippen LogP contribution in [0.15, 0.2) is 18.5 Å². The van der Waals surface area contributed by atoms with Crippen LogP contribution < -0.4 is 15.8 Å². The lowest BCUT2D eigenvalue weighted by Crippen LogP contribution is -2.47. The molecule has 0 bridgehead atoms. The van der Waals surface area contributed by atoms with E-state index in [9.17, 15) is 9.59 Å². The molecule has 3 unspecified atom stereocenters. The molecule has 3 amide bonds. The molecule has 1 aromatic heterocycles. The number of hydrazine groups is 1. The van der Waals surface area contributed by atoms with Crippen molar-refractivity contribution in [1.82, 2.24) is 20.7 Å². The Balaban J connectivity index is 1.48. The van der Waals surface area contributed by atoms with Gasteiger partial charge >= 0.3 is 6.03 Å². The normalized spacial score (nSPS) is 30.6. The zero-order chi connectivity index (χ0) is 16.0. The summed E-state index contributed by atoms with van der Waals surface area (Å²) in [6.07, 6.45) is 6.06. The van der Waals surface area contributed by atoms with Crippen LogP contribution in [0.3, 0.4) is 0 Å². The van der Waals surface area contributed by atoms with Crippen LogP contribution in [0.25, 0.3) is 0 Å². The van der Waals surface area contributed by atoms with E-state index in [1.54, 1.807) is 12.4 Å². The van der Waals surface area contributed by atoms with Gasteiger partial charge in [0.15, 0.2) is 0 Å². The van der Waals surface area contributed by atoms with Crippen molar-refractivity contribution in [3.05, 3.63) is 24.0 Å². The molecule has 1 saturated carbocycles. The second-order valence-electron chi connectivity index (χ2n) is 6.60. The first-order valence-electron chi connectivity index (χ1n) is 8.19. The lowest BCUT2D eigenvalue weighted by molar-refractivity contribution is -0.123. The number of nitrogens with zero attached hydrogens (tertiary/aromatic N) is 3. The van der Waals surface area contributed by atoms with Gasteiger partial charge in [-0.2, -0.15) is 0 Å². The molecule has 3 fully saturated rings. The van der Waals surface area contributed by atoms with Gasteiger partial charge in [0.05, 0.1) is 17.8 Å². The molecule has 2 aliphatic heterocycles. The highest BCUT2D eigenvalue weighted by atomic mass is 16.2. The predicted molar refractivity (Wildman–Crippen MR) is 84.6 cm³/mol. The molecular formula is C16H21N5O2. The van der Waals surface area contributed by atoms with Crippen LogP contribution in [0.5, 0.6) is 0 Å². The monoisotopic (exact) mass is 315 g/mol. The topological polar surface area (TPSA) is 77.6 Å². The van der Waals surface area contributed by atoms with Crippen LogP contribution in [0.4, 0.5) is 10.5 Å². The smallest absolute Gasteiger partial charge is 0.320 e. The summed E-state index contributed by atoms with van der Waals surface area (Å²) in [4.78, 5) is 32.5. The minimum absolute atomic E-state index is 0.0561. The number of aryl methyl sites for hydroxylation is 1. The Hall–Kier alpha value is -2.15. The summed E-state index contributed by atoms with van der Waals surface area (Å²) in [5.41, 5.74) is 7.74. The number of pyridine rings is 1. The van der Waals surface area contributed by atoms with Gasteiger partial charge in [0.1, 0.15) is 0 Å². The van der Waals surface area contributed by atoms with E-state index in [1.165, 1.54) is 0 Å². The minimum atomic E-state index is 0.0561. The summed E-state index contributed by atoms with van der Waals surface area (Å²) in [6, 6.07) is 2.33. The second kappa shape index (κ2) is 5.49. The molecule has 122 valence electrons. The number of hydrogen-bond acceptors (Lipinski definition) is 4. The molecule has 3 aliphatic rings. The third-order valence-electron chi connectivity index (χ3n) is 5.32. The molecular weight excluding hydrogens is 294 g/mol. The number of amides is 3. The summed E-state index contributed by atoms with van der Waals surface area (Å²) >= 11 is 0. The van der Waals surface area contributed by atoms with Crippen molar-refractivity contribution in [1.29, 1.82) is 0 Å². The van der Waals surface area contributed by atoms with E-state index in [1.807, 2.05) is 22.8 Å². The van der Waals surface area contributed by atoms with E-state index in [0.29, 0.717) is 6.54 Å². The Morgan fingerprint density at radius 3 is 2.96 bits per heavy atom. The highest BCUT2D eigenvalue weighted by molar-refractivity contribution is 5.95. The summed E-state index contributed by atoms with van der Waals surface area (Å²) in [7, 11) is 0. The molecule has 0 spiro atoms. The zero-order valence-corrected chi connectivity index (χ0v) is 13.2. The van der Waals surface area contributed by atoms with E-state index in [2.05, 4.69) is 15.8 Å². The third kappa shape index (κ3) is 2.35. The van der Waals surface area contributed by atoms with Crippen molar-refractivity contribution in [3.8, 4) is 0 Å². The van der Waals surface area contributed by atoms with Crippen molar-refractivity contribution < 1.29 is 9.59 Å². The Labute approximate surface area is 135 Å². The number of fused-ring (bicyclic) bond motifs is 1. The highest BCUT2D eigenvalue weighted by Gasteiger charge is 2.44. The van der Waals surface area contributed by atoms with Gasteiger partial charge in [0.25, 0.3) is 0 Å². The maximum Gasteiger partial charge on any atom is 0.324 e. The molecule has 7 nitrogen and oxygen atoms in total. The van der Waals surface area contributed by atoms with Crippen LogP contribution in [0.1, 0.15) is 24.8 Å². The SMILES string of the molecule is Cc1ccncc1N1CCN(C2CCC3C(=O)NNC3C2)C1=O. The van der Waals surface area contributed by atoms with Crippen LogP contribution in [0.2, 0.25) is 0 Å². The molecule has 1 aromatic rings. The van der Waals surface area contributed by atoms with Gasteiger partial charge in [0.2, 0.25) is 5.91 Å². The quantitative estimate of drug-likeness (QED) is 0.846. The van der Waals surface area contributed by atoms with Crippen LogP contribution >= 0.6 is 0 Å². The Bertz CT molecular complexity index is 649. The maximum absolute atomic E-state index is 12.8. The first-order chi connectivity index (χ1) is 11.1. The molecule has 23 heavy (non-hydrogen) atoms. The molecule has 0 radical (unpaired) electrons.